The molecular formula is C14H16N2O4. The standard InChI is InChI=1S/C14H16N2O4/c1-2-14(19)7-16(8-14)13(18)9-3-4-11-10(5-9)15-12(17)6-20-11/h3-5,19H,2,6-8H2,1H3,(H,15,17). The van der Waals surface area contributed by atoms with Gasteiger partial charge in [-0.1, -0.05) is 6.92 Å². The van der Waals surface area contributed by atoms with Gasteiger partial charge in [0.05, 0.1) is 24.4 Å². The normalized spacial score (nSPS) is 19.5. The fourth-order valence-electron chi connectivity index (χ4n) is 2.43. The van der Waals surface area contributed by atoms with Crippen LogP contribution in [0.2, 0.25) is 0 Å². The van der Waals surface area contributed by atoms with Crippen LogP contribution in [0.5, 0.6) is 5.75 Å². The number of likely N-dealkylation sites (tertiary alicyclic amines) is 1. The second-order valence-electron chi connectivity index (χ2n) is 5.29. The summed E-state index contributed by atoms with van der Waals surface area (Å²) in [5.74, 6) is 0.187. The lowest BCUT2D eigenvalue weighted by Crippen LogP contribution is -2.63. The highest BCUT2D eigenvalue weighted by atomic mass is 16.5. The lowest BCUT2D eigenvalue weighted by atomic mass is 9.90. The minimum Gasteiger partial charge on any atom is -0.482 e. The molecule has 20 heavy (non-hydrogen) atoms. The molecule has 0 aliphatic carbocycles. The van der Waals surface area contributed by atoms with Gasteiger partial charge in [0.25, 0.3) is 11.8 Å². The number of hydrogen-bond acceptors (Lipinski definition) is 4. The quantitative estimate of drug-likeness (QED) is 0.829. The van der Waals surface area contributed by atoms with Crippen molar-refractivity contribution >= 4 is 17.5 Å². The minimum absolute atomic E-state index is 0.00402. The predicted molar refractivity (Wildman–Crippen MR) is 71.7 cm³/mol. The van der Waals surface area contributed by atoms with Crippen LogP contribution in [0.15, 0.2) is 18.2 Å². The van der Waals surface area contributed by atoms with E-state index in [0.717, 1.165) is 0 Å². The second-order valence-corrected chi connectivity index (χ2v) is 5.29. The van der Waals surface area contributed by atoms with Crippen LogP contribution in [0.3, 0.4) is 0 Å². The Kier molecular flexibility index (Phi) is 2.90. The smallest absolute Gasteiger partial charge is 0.262 e. The third-order valence-corrected chi connectivity index (χ3v) is 3.78. The average molecular weight is 276 g/mol. The van der Waals surface area contributed by atoms with E-state index in [0.29, 0.717) is 36.5 Å². The van der Waals surface area contributed by atoms with Crippen LogP contribution in [-0.2, 0) is 4.79 Å². The molecule has 0 radical (unpaired) electrons. The Morgan fingerprint density at radius 3 is 2.95 bits per heavy atom. The zero-order valence-corrected chi connectivity index (χ0v) is 11.2. The van der Waals surface area contributed by atoms with Crippen molar-refractivity contribution < 1.29 is 19.4 Å². The maximum Gasteiger partial charge on any atom is 0.262 e. The molecule has 3 rings (SSSR count). The fourth-order valence-corrected chi connectivity index (χ4v) is 2.43. The van der Waals surface area contributed by atoms with Crippen molar-refractivity contribution in [2.24, 2.45) is 0 Å². The zero-order valence-electron chi connectivity index (χ0n) is 11.2. The van der Waals surface area contributed by atoms with Crippen molar-refractivity contribution in [3.63, 3.8) is 0 Å². The molecule has 1 saturated heterocycles. The number of amides is 2. The number of carbonyl (C=O) groups is 2. The van der Waals surface area contributed by atoms with Gasteiger partial charge in [-0.2, -0.15) is 0 Å². The third kappa shape index (κ3) is 2.12. The van der Waals surface area contributed by atoms with E-state index in [1.165, 1.54) is 0 Å². The first-order valence-electron chi connectivity index (χ1n) is 6.59. The lowest BCUT2D eigenvalue weighted by Gasteiger charge is -2.46. The molecule has 6 heteroatoms. The molecule has 0 unspecified atom stereocenters. The highest BCUT2D eigenvalue weighted by Crippen LogP contribution is 2.31. The van der Waals surface area contributed by atoms with Gasteiger partial charge in [-0.25, -0.2) is 0 Å². The molecule has 6 nitrogen and oxygen atoms in total. The SMILES string of the molecule is CCC1(O)CN(C(=O)c2ccc3c(c2)NC(=O)CO3)C1. The molecule has 0 saturated carbocycles. The van der Waals surface area contributed by atoms with Crippen molar-refractivity contribution in [2.45, 2.75) is 18.9 Å². The summed E-state index contributed by atoms with van der Waals surface area (Å²) >= 11 is 0. The summed E-state index contributed by atoms with van der Waals surface area (Å²) in [7, 11) is 0. The number of nitrogens with zero attached hydrogens (tertiary/aromatic N) is 1. The molecule has 1 aromatic rings. The fraction of sp³-hybridized carbons (Fsp3) is 0.429. The van der Waals surface area contributed by atoms with E-state index < -0.39 is 5.60 Å². The topological polar surface area (TPSA) is 78.9 Å². The molecule has 1 fully saturated rings. The molecule has 0 spiro atoms. The number of nitrogens with one attached hydrogen (secondary N) is 1. The van der Waals surface area contributed by atoms with Crippen LogP contribution >= 0.6 is 0 Å². The van der Waals surface area contributed by atoms with Crippen molar-refractivity contribution in [1.29, 1.82) is 0 Å². The van der Waals surface area contributed by atoms with Crippen LogP contribution in [0.4, 0.5) is 5.69 Å². The number of aliphatic hydroxyl groups is 1. The first-order valence-corrected chi connectivity index (χ1v) is 6.59. The van der Waals surface area contributed by atoms with Gasteiger partial charge in [-0.3, -0.25) is 9.59 Å². The Bertz CT molecular complexity index is 579. The molecular weight excluding hydrogens is 260 g/mol. The number of ether oxygens (including phenoxy) is 1. The van der Waals surface area contributed by atoms with Gasteiger partial charge in [0.2, 0.25) is 0 Å². The van der Waals surface area contributed by atoms with Crippen LogP contribution in [0, 0.1) is 0 Å². The Balaban J connectivity index is 1.77. The van der Waals surface area contributed by atoms with Crippen LogP contribution in [-0.4, -0.2) is 47.1 Å². The summed E-state index contributed by atoms with van der Waals surface area (Å²) in [4.78, 5) is 25.1. The van der Waals surface area contributed by atoms with Crippen LogP contribution in [0.1, 0.15) is 23.7 Å². The third-order valence-electron chi connectivity index (χ3n) is 3.78. The van der Waals surface area contributed by atoms with E-state index in [-0.39, 0.29) is 18.4 Å². The van der Waals surface area contributed by atoms with E-state index >= 15 is 0 Å². The van der Waals surface area contributed by atoms with Crippen molar-refractivity contribution in [3.05, 3.63) is 23.8 Å². The predicted octanol–water partition coefficient (Wildman–Crippen LogP) is 0.614. The van der Waals surface area contributed by atoms with E-state index in [2.05, 4.69) is 5.32 Å². The summed E-state index contributed by atoms with van der Waals surface area (Å²) in [6.07, 6.45) is 0.630. The first kappa shape index (κ1) is 12.9. The lowest BCUT2D eigenvalue weighted by molar-refractivity contribution is -0.118. The van der Waals surface area contributed by atoms with Crippen molar-refractivity contribution in [3.8, 4) is 5.75 Å². The monoisotopic (exact) mass is 276 g/mol. The summed E-state index contributed by atoms with van der Waals surface area (Å²) in [6, 6.07) is 4.95. The van der Waals surface area contributed by atoms with Gasteiger partial charge >= 0.3 is 0 Å². The highest BCUT2D eigenvalue weighted by molar-refractivity contribution is 6.00. The van der Waals surface area contributed by atoms with Crippen LogP contribution < -0.4 is 10.1 Å². The molecule has 2 N–H and O–H groups in total. The van der Waals surface area contributed by atoms with Gasteiger partial charge in [0.15, 0.2) is 6.61 Å². The molecule has 2 amide bonds. The Hall–Kier alpha value is -2.08. The number of hydrogen-bond donors (Lipinski definition) is 2. The minimum atomic E-state index is -0.749. The summed E-state index contributed by atoms with van der Waals surface area (Å²) in [6.45, 7) is 2.59. The Morgan fingerprint density at radius 2 is 2.25 bits per heavy atom. The summed E-state index contributed by atoms with van der Waals surface area (Å²) < 4.78 is 5.24. The maximum atomic E-state index is 12.3. The number of β-amino-alcohol motifs (C(OH)–C–C–N with tert-alkyl or cyclic N) is 1. The zero-order chi connectivity index (χ0) is 14.3. The maximum absolute atomic E-state index is 12.3. The molecule has 0 aromatic heterocycles. The molecule has 2 aliphatic heterocycles. The van der Waals surface area contributed by atoms with Gasteiger partial charge < -0.3 is 20.1 Å². The van der Waals surface area contributed by atoms with Gasteiger partial charge in [0.1, 0.15) is 5.75 Å². The number of benzene rings is 1. The van der Waals surface area contributed by atoms with Crippen LogP contribution in [0.25, 0.3) is 0 Å². The summed E-state index contributed by atoms with van der Waals surface area (Å²) in [5.41, 5.74) is 0.243. The number of rotatable bonds is 2. The molecule has 106 valence electrons. The van der Waals surface area contributed by atoms with Gasteiger partial charge in [-0.05, 0) is 24.6 Å². The summed E-state index contributed by atoms with van der Waals surface area (Å²) in [5, 5.41) is 12.6. The average Bonchev–Trinajstić information content (AvgIpc) is 2.42. The Labute approximate surface area is 116 Å². The number of anilines is 1. The molecule has 1 aromatic carbocycles. The van der Waals surface area contributed by atoms with E-state index in [4.69, 9.17) is 4.74 Å². The molecule has 0 atom stereocenters. The van der Waals surface area contributed by atoms with Gasteiger partial charge in [0, 0.05) is 5.56 Å². The van der Waals surface area contributed by atoms with Crippen molar-refractivity contribution in [2.75, 3.05) is 25.0 Å². The molecule has 0 bridgehead atoms. The number of carbonyl (C=O) groups excluding carboxylic acids is 2. The Morgan fingerprint density at radius 1 is 1.50 bits per heavy atom. The number of fused-ring (bicyclic) bond motifs is 1. The highest BCUT2D eigenvalue weighted by Gasteiger charge is 2.42. The van der Waals surface area contributed by atoms with E-state index in [1.807, 2.05) is 6.92 Å². The van der Waals surface area contributed by atoms with Gasteiger partial charge in [-0.15, -0.1) is 0 Å². The first-order chi connectivity index (χ1) is 9.50. The van der Waals surface area contributed by atoms with E-state index in [9.17, 15) is 14.7 Å². The second kappa shape index (κ2) is 4.49. The van der Waals surface area contributed by atoms with E-state index in [1.54, 1.807) is 23.1 Å². The molecule has 2 aliphatic rings. The largest absolute Gasteiger partial charge is 0.482 e. The molecule has 2 heterocycles. The van der Waals surface area contributed by atoms with Crippen molar-refractivity contribution in [1.82, 2.24) is 4.90 Å².